The van der Waals surface area contributed by atoms with Gasteiger partial charge in [0.05, 0.1) is 13.7 Å². The number of hydrogen-bond acceptors (Lipinski definition) is 8. The molecule has 25 heavy (non-hydrogen) atoms. The lowest BCUT2D eigenvalue weighted by Gasteiger charge is -2.14. The molecule has 2 aromatic heterocycles. The second-order valence-corrected chi connectivity index (χ2v) is 6.83. The monoisotopic (exact) mass is 381 g/mol. The van der Waals surface area contributed by atoms with Crippen LogP contribution in [0.4, 0.5) is 5.95 Å². The number of rotatable bonds is 4. The third kappa shape index (κ3) is 3.30. The summed E-state index contributed by atoms with van der Waals surface area (Å²) >= 11 is 0. The van der Waals surface area contributed by atoms with Gasteiger partial charge >= 0.3 is 13.5 Å². The largest absolute Gasteiger partial charge is 0.469 e. The second kappa shape index (κ2) is 6.14. The van der Waals surface area contributed by atoms with E-state index in [-0.39, 0.29) is 17.1 Å². The van der Waals surface area contributed by atoms with Crippen molar-refractivity contribution in [3.8, 4) is 0 Å². The van der Waals surface area contributed by atoms with E-state index in [2.05, 4.69) is 14.5 Å². The molecule has 7 N–H and O–H groups in total. The summed E-state index contributed by atoms with van der Waals surface area (Å²) in [6, 6.07) is 0. The zero-order chi connectivity index (χ0) is 18.5. The van der Waals surface area contributed by atoms with E-state index >= 15 is 0 Å². The van der Waals surface area contributed by atoms with Gasteiger partial charge in [-0.05, 0) is 0 Å². The van der Waals surface area contributed by atoms with Crippen molar-refractivity contribution in [1.82, 2.24) is 14.5 Å². The molecule has 0 unspecified atom stereocenters. The highest BCUT2D eigenvalue weighted by molar-refractivity contribution is 7.46. The fraction of sp³-hybridized carbons (Fsp3) is 0.545. The molecular weight excluding hydrogens is 364 g/mol. The smallest absolute Gasteiger partial charge is 0.387 e. The molecule has 13 nitrogen and oxygen atoms in total. The van der Waals surface area contributed by atoms with Gasteiger partial charge in [0, 0.05) is 0 Å². The van der Waals surface area contributed by atoms with Crippen molar-refractivity contribution >= 4 is 24.9 Å². The molecule has 0 aromatic carbocycles. The molecule has 0 amide bonds. The van der Waals surface area contributed by atoms with Crippen LogP contribution in [0.1, 0.15) is 6.23 Å². The zero-order valence-corrected chi connectivity index (χ0v) is 13.8. The Labute approximate surface area is 139 Å². The highest BCUT2D eigenvalue weighted by atomic mass is 31.2. The van der Waals surface area contributed by atoms with Crippen molar-refractivity contribution in [1.29, 1.82) is 0 Å². The molecule has 0 saturated carbocycles. The number of phosphoric ester groups is 1. The molecule has 2 aromatic rings. The highest BCUT2D eigenvalue weighted by Gasteiger charge is 2.47. The summed E-state index contributed by atoms with van der Waals surface area (Å²) in [7, 11) is -3.19. The summed E-state index contributed by atoms with van der Waals surface area (Å²) in [6.07, 6.45) is -3.88. The van der Waals surface area contributed by atoms with Gasteiger partial charge in [0.25, 0.3) is 11.5 Å². The molecule has 0 radical (unpaired) electrons. The van der Waals surface area contributed by atoms with E-state index in [1.165, 1.54) is 15.5 Å². The quantitative estimate of drug-likeness (QED) is 0.179. The molecule has 4 atom stereocenters. The number of nitrogen functional groups attached to an aromatic ring is 1. The predicted octanol–water partition coefficient (Wildman–Crippen LogP) is -3.14. The lowest BCUT2D eigenvalue weighted by molar-refractivity contribution is -0.745. The van der Waals surface area contributed by atoms with Crippen LogP contribution in [-0.2, 0) is 20.9 Å². The van der Waals surface area contributed by atoms with Crippen LogP contribution in [0.15, 0.2) is 11.1 Å². The molecule has 0 spiro atoms. The topological polar surface area (TPSA) is 197 Å². The number of aromatic nitrogens is 4. The predicted molar refractivity (Wildman–Crippen MR) is 79.9 cm³/mol. The number of aliphatic hydroxyl groups excluding tert-OH is 2. The minimum Gasteiger partial charge on any atom is -0.387 e. The fourth-order valence-electron chi connectivity index (χ4n) is 2.72. The lowest BCUT2D eigenvalue weighted by atomic mass is 10.1. The highest BCUT2D eigenvalue weighted by Crippen LogP contribution is 2.37. The normalized spacial score (nSPS) is 27.2. The van der Waals surface area contributed by atoms with Gasteiger partial charge in [0.15, 0.2) is 6.33 Å². The minimum absolute atomic E-state index is 0.108. The Morgan fingerprint density at radius 2 is 2.16 bits per heavy atom. The summed E-state index contributed by atoms with van der Waals surface area (Å²) in [5, 5.41) is 20.3. The average molecular weight is 381 g/mol. The van der Waals surface area contributed by atoms with Crippen LogP contribution in [0.5, 0.6) is 0 Å². The number of fused-ring (bicyclic) bond motifs is 1. The number of nitrogens with one attached hydrogen (secondary N) is 1. The lowest BCUT2D eigenvalue weighted by Crippen LogP contribution is -2.46. The van der Waals surface area contributed by atoms with E-state index in [4.69, 9.17) is 20.3 Å². The van der Waals surface area contributed by atoms with Crippen molar-refractivity contribution in [2.24, 2.45) is 7.05 Å². The van der Waals surface area contributed by atoms with Gasteiger partial charge < -0.3 is 30.5 Å². The number of imidazole rings is 1. The summed E-state index contributed by atoms with van der Waals surface area (Å²) in [6.45, 7) is -0.638. The van der Waals surface area contributed by atoms with Crippen molar-refractivity contribution in [3.05, 3.63) is 16.7 Å². The van der Waals surface area contributed by atoms with E-state index in [9.17, 15) is 19.6 Å². The van der Waals surface area contributed by atoms with Crippen molar-refractivity contribution in [2.75, 3.05) is 12.3 Å². The van der Waals surface area contributed by atoms with Crippen LogP contribution in [-0.4, -0.2) is 59.5 Å². The van der Waals surface area contributed by atoms with Gasteiger partial charge in [0.1, 0.15) is 18.3 Å². The van der Waals surface area contributed by atoms with Gasteiger partial charge in [0.2, 0.25) is 11.7 Å². The maximum Gasteiger partial charge on any atom is 0.469 e. The number of aliphatic hydroxyl groups is 2. The van der Waals surface area contributed by atoms with Crippen LogP contribution in [0.3, 0.4) is 0 Å². The summed E-state index contributed by atoms with van der Waals surface area (Å²) in [5.74, 6) is -0.146. The molecular formula is C11H17N5O8P+. The Hall–Kier alpha value is -1.86. The minimum atomic E-state index is -4.76. The number of phosphoric acid groups is 1. The second-order valence-electron chi connectivity index (χ2n) is 5.59. The molecule has 138 valence electrons. The summed E-state index contributed by atoms with van der Waals surface area (Å²) < 4.78 is 23.3. The van der Waals surface area contributed by atoms with E-state index in [0.717, 1.165) is 0 Å². The number of aryl methyl sites for hydroxylation is 1. The van der Waals surface area contributed by atoms with Crippen molar-refractivity contribution < 1.29 is 38.4 Å². The van der Waals surface area contributed by atoms with Gasteiger partial charge in [-0.3, -0.25) is 18.9 Å². The molecule has 14 heteroatoms. The standard InChI is InChI=1S/C11H16N5O8P/c1-15-3-16(8-5(15)9(19)14-11(12)13-8)10-7(18)6(17)4(24-10)2-23-25(20,21)22/h3-4,6-7,10,17-18H,2H2,1H3,(H4-,12,13,14,19,20,21,22)/p+1/t4-,6-,7-,10-/m1/s1/i11+1,12+1,14+1. The number of nitrogens with zero attached hydrogens (tertiary/aromatic N) is 3. The number of hydrogen-bond donors (Lipinski definition) is 6. The molecule has 1 aliphatic rings. The summed E-state index contributed by atoms with van der Waals surface area (Å²) in [4.78, 5) is 35.8. The molecule has 0 bridgehead atoms. The number of H-pyrrole nitrogens is 1. The maximum absolute atomic E-state index is 12.0. The van der Waals surface area contributed by atoms with E-state index in [1.807, 2.05) is 0 Å². The number of anilines is 1. The Morgan fingerprint density at radius 1 is 1.48 bits per heavy atom. The zero-order valence-electron chi connectivity index (χ0n) is 12.9. The third-order valence-corrected chi connectivity index (χ3v) is 4.29. The first-order valence-electron chi connectivity index (χ1n) is 7.06. The van der Waals surface area contributed by atoms with E-state index in [1.54, 1.807) is 7.05 Å². The Kier molecular flexibility index (Phi) is 4.41. The van der Waals surface area contributed by atoms with Gasteiger partial charge in [-0.15, -0.1) is 0 Å². The number of nitrogens with two attached hydrogens (primary N) is 1. The van der Waals surface area contributed by atoms with Crippen LogP contribution in [0.2, 0.25) is 0 Å². The first kappa shape index (κ1) is 17.9. The van der Waals surface area contributed by atoms with Crippen LogP contribution < -0.4 is 15.9 Å². The number of aromatic amines is 1. The van der Waals surface area contributed by atoms with Crippen molar-refractivity contribution in [2.45, 2.75) is 24.5 Å². The third-order valence-electron chi connectivity index (χ3n) is 3.81. The maximum atomic E-state index is 12.0. The Balaban J connectivity index is 1.96. The van der Waals surface area contributed by atoms with E-state index in [0.29, 0.717) is 0 Å². The molecule has 3 heterocycles. The molecule has 0 aliphatic carbocycles. The van der Waals surface area contributed by atoms with Crippen LogP contribution >= 0.6 is 7.82 Å². The first-order valence-corrected chi connectivity index (χ1v) is 8.59. The molecule has 1 fully saturated rings. The molecule has 1 saturated heterocycles. The van der Waals surface area contributed by atoms with Gasteiger partial charge in [-0.25, -0.2) is 9.13 Å². The molecule has 1 aliphatic heterocycles. The van der Waals surface area contributed by atoms with Gasteiger partial charge in [-0.1, -0.05) is 4.98 Å². The van der Waals surface area contributed by atoms with E-state index < -0.39 is 44.5 Å². The summed E-state index contributed by atoms with van der Waals surface area (Å²) in [5.41, 5.74) is 5.31. The number of ether oxygens (including phenoxy) is 1. The average Bonchev–Trinajstić information content (AvgIpc) is 2.95. The molecule has 3 rings (SSSR count). The Bertz CT molecular complexity index is 906. The first-order chi connectivity index (χ1) is 11.6. The fourth-order valence-corrected chi connectivity index (χ4v) is 3.06. The van der Waals surface area contributed by atoms with Gasteiger partial charge in [-0.2, -0.15) is 0 Å². The van der Waals surface area contributed by atoms with Crippen LogP contribution in [0.25, 0.3) is 11.2 Å². The van der Waals surface area contributed by atoms with Crippen LogP contribution in [0, 0.1) is 0 Å². The van der Waals surface area contributed by atoms with Crippen molar-refractivity contribution in [3.63, 3.8) is 0 Å². The SMILES string of the molecule is Cn1c[n+]([C@@H]2O[C@H](COP(=O)(O)O)[C@@H](O)[C@H]2O)c2n[13c]([15NH2])[15nH]c(=O)c21. The Morgan fingerprint density at radius 3 is 2.80 bits per heavy atom.